The van der Waals surface area contributed by atoms with Crippen LogP contribution in [0.25, 0.3) is 22.3 Å². The summed E-state index contributed by atoms with van der Waals surface area (Å²) >= 11 is 5.54. The molecule has 70 heavy (non-hydrogen) atoms. The van der Waals surface area contributed by atoms with E-state index in [1.807, 2.05) is 30.3 Å². The fraction of sp³-hybridized carbons (Fsp3) is 0.355. The van der Waals surface area contributed by atoms with Crippen LogP contribution >= 0.6 is 11.6 Å². The molecule has 8 heteroatoms. The summed E-state index contributed by atoms with van der Waals surface area (Å²) in [6.45, 7) is 12.0. The van der Waals surface area contributed by atoms with Gasteiger partial charge in [-0.25, -0.2) is 0 Å². The van der Waals surface area contributed by atoms with E-state index in [9.17, 15) is 10.2 Å². The molecule has 5 aliphatic rings. The van der Waals surface area contributed by atoms with Crippen molar-refractivity contribution in [1.29, 1.82) is 0 Å². The Morgan fingerprint density at radius 1 is 0.400 bits per heavy atom. The summed E-state index contributed by atoms with van der Waals surface area (Å²) in [7, 11) is 0. The Hall–Kier alpha value is -5.83. The molecule has 3 saturated heterocycles. The van der Waals surface area contributed by atoms with Crippen LogP contribution < -0.4 is 9.47 Å². The van der Waals surface area contributed by atoms with Gasteiger partial charge < -0.3 is 24.6 Å². The first-order chi connectivity index (χ1) is 34.5. The molecule has 3 aliphatic heterocycles. The Labute approximate surface area is 421 Å². The average Bonchev–Trinajstić information content (AvgIpc) is 4.24. The molecule has 6 aromatic carbocycles. The lowest BCUT2D eigenvalue weighted by atomic mass is 9.79. The lowest BCUT2D eigenvalue weighted by molar-refractivity contribution is 0.237. The van der Waals surface area contributed by atoms with E-state index in [0.29, 0.717) is 5.75 Å². The van der Waals surface area contributed by atoms with Gasteiger partial charge in [0.25, 0.3) is 0 Å². The molecule has 11 rings (SSSR count). The van der Waals surface area contributed by atoms with E-state index >= 15 is 0 Å². The van der Waals surface area contributed by atoms with Crippen molar-refractivity contribution in [2.45, 2.75) is 64.2 Å². The molecule has 364 valence electrons. The van der Waals surface area contributed by atoms with Crippen LogP contribution in [0.2, 0.25) is 0 Å². The number of halogens is 1. The predicted molar refractivity (Wildman–Crippen MR) is 289 cm³/mol. The van der Waals surface area contributed by atoms with E-state index in [4.69, 9.17) is 21.1 Å². The quantitative estimate of drug-likeness (QED) is 0.105. The molecular weight excluding hydrogens is 886 g/mol. The Balaban J connectivity index is 0.000000161. The maximum absolute atomic E-state index is 9.82. The van der Waals surface area contributed by atoms with E-state index in [0.717, 1.165) is 92.6 Å². The number of allylic oxidation sites excluding steroid dienone is 2. The molecule has 3 heterocycles. The van der Waals surface area contributed by atoms with E-state index in [1.54, 1.807) is 18.2 Å². The number of phenolic OH excluding ortho intramolecular Hbond substituents is 2. The summed E-state index contributed by atoms with van der Waals surface area (Å²) in [5.74, 6) is 3.31. The van der Waals surface area contributed by atoms with Gasteiger partial charge in [-0.05, 0) is 219 Å². The number of nitrogens with zero attached hydrogens (tertiary/aromatic N) is 3. The van der Waals surface area contributed by atoms with E-state index in [2.05, 4.69) is 112 Å². The molecule has 0 amide bonds. The van der Waals surface area contributed by atoms with Gasteiger partial charge in [0.1, 0.15) is 36.2 Å². The maximum Gasteiger partial charge on any atom is 0.119 e. The summed E-state index contributed by atoms with van der Waals surface area (Å²) in [6.07, 6.45) is 11.9. The molecule has 2 N–H and O–H groups in total. The topological polar surface area (TPSA) is 68.6 Å². The number of ether oxygens (including phenoxy) is 2. The van der Waals surface area contributed by atoms with Gasteiger partial charge in [-0.15, -0.1) is 11.6 Å². The van der Waals surface area contributed by atoms with Gasteiger partial charge in [0.05, 0.1) is 0 Å². The smallest absolute Gasteiger partial charge is 0.119 e. The number of hydrogen-bond acceptors (Lipinski definition) is 7. The fourth-order valence-corrected chi connectivity index (χ4v) is 11.1. The van der Waals surface area contributed by atoms with Crippen molar-refractivity contribution in [1.82, 2.24) is 14.7 Å². The molecule has 0 bridgehead atoms. The highest BCUT2D eigenvalue weighted by Gasteiger charge is 2.24. The first-order valence-electron chi connectivity index (χ1n) is 25.9. The van der Waals surface area contributed by atoms with Gasteiger partial charge in [-0.1, -0.05) is 97.1 Å². The minimum atomic E-state index is 0.266. The second kappa shape index (κ2) is 24.8. The van der Waals surface area contributed by atoms with Crippen LogP contribution in [0, 0.1) is 0 Å². The minimum Gasteiger partial charge on any atom is -0.508 e. The van der Waals surface area contributed by atoms with Crippen molar-refractivity contribution in [2.24, 2.45) is 0 Å². The molecule has 6 aromatic rings. The zero-order valence-electron chi connectivity index (χ0n) is 40.8. The summed E-state index contributed by atoms with van der Waals surface area (Å²) in [6, 6.07) is 49.7. The summed E-state index contributed by atoms with van der Waals surface area (Å²) in [5, 5.41) is 19.4. The predicted octanol–water partition coefficient (Wildman–Crippen LogP) is 12.9. The molecule has 2 aliphatic carbocycles. The lowest BCUT2D eigenvalue weighted by Crippen LogP contribution is -2.25. The third kappa shape index (κ3) is 12.9. The number of benzene rings is 6. The second-order valence-corrected chi connectivity index (χ2v) is 19.6. The number of aromatic hydroxyl groups is 2. The number of alkyl halides is 1. The maximum atomic E-state index is 9.82. The SMILES string of the molecule is ClCCN1CCCC1.Oc1ccc(C2=C(c3ccccc3)CCc3cc(O)ccc32)cc1.c1ccc(C2=C(c3ccc(OCCN4CCCC4)cc3)c3ccc(OCCN4CCCC4)cc3CC2)cc1. The van der Waals surface area contributed by atoms with Crippen LogP contribution in [0.4, 0.5) is 0 Å². The molecule has 0 spiro atoms. The molecule has 0 aromatic heterocycles. The Morgan fingerprint density at radius 3 is 1.31 bits per heavy atom. The molecule has 3 fully saturated rings. The molecule has 7 nitrogen and oxygen atoms in total. The molecule has 0 atom stereocenters. The molecule has 0 radical (unpaired) electrons. The van der Waals surface area contributed by atoms with Gasteiger partial charge >= 0.3 is 0 Å². The zero-order chi connectivity index (χ0) is 47.9. The first kappa shape index (κ1) is 49.2. The normalized spacial score (nSPS) is 17.0. The highest BCUT2D eigenvalue weighted by molar-refractivity contribution is 6.18. The van der Waals surface area contributed by atoms with Crippen LogP contribution in [-0.2, 0) is 12.8 Å². The second-order valence-electron chi connectivity index (χ2n) is 19.2. The molecule has 0 saturated carbocycles. The van der Waals surface area contributed by atoms with Crippen LogP contribution in [0.3, 0.4) is 0 Å². The number of aryl methyl sites for hydroxylation is 2. The van der Waals surface area contributed by atoms with Gasteiger partial charge in [-0.3, -0.25) is 9.80 Å². The van der Waals surface area contributed by atoms with Crippen molar-refractivity contribution in [3.05, 3.63) is 190 Å². The lowest BCUT2D eigenvalue weighted by Gasteiger charge is -2.25. The summed E-state index contributed by atoms with van der Waals surface area (Å²) in [5.41, 5.74) is 15.1. The van der Waals surface area contributed by atoms with Gasteiger partial charge in [0.15, 0.2) is 0 Å². The van der Waals surface area contributed by atoms with E-state index < -0.39 is 0 Å². The number of phenols is 2. The van der Waals surface area contributed by atoms with Crippen molar-refractivity contribution in [3.63, 3.8) is 0 Å². The van der Waals surface area contributed by atoms with Crippen LogP contribution in [0.1, 0.15) is 95.9 Å². The highest BCUT2D eigenvalue weighted by Crippen LogP contribution is 2.43. The third-order valence-corrected chi connectivity index (χ3v) is 14.7. The number of fused-ring (bicyclic) bond motifs is 2. The number of rotatable bonds is 14. The monoisotopic (exact) mass is 956 g/mol. The van der Waals surface area contributed by atoms with Crippen molar-refractivity contribution < 1.29 is 19.7 Å². The zero-order valence-corrected chi connectivity index (χ0v) is 41.6. The van der Waals surface area contributed by atoms with Crippen LogP contribution in [0.5, 0.6) is 23.0 Å². The fourth-order valence-electron chi connectivity index (χ4n) is 10.8. The largest absolute Gasteiger partial charge is 0.508 e. The van der Waals surface area contributed by atoms with Gasteiger partial charge in [0.2, 0.25) is 0 Å². The van der Waals surface area contributed by atoms with Gasteiger partial charge in [0, 0.05) is 25.5 Å². The Kier molecular flexibility index (Phi) is 17.4. The van der Waals surface area contributed by atoms with Gasteiger partial charge in [-0.2, -0.15) is 0 Å². The number of likely N-dealkylation sites (tertiary alicyclic amines) is 3. The minimum absolute atomic E-state index is 0.266. The average molecular weight is 957 g/mol. The van der Waals surface area contributed by atoms with Crippen molar-refractivity contribution >= 4 is 33.9 Å². The van der Waals surface area contributed by atoms with Crippen molar-refractivity contribution in [3.8, 4) is 23.0 Å². The summed E-state index contributed by atoms with van der Waals surface area (Å²) < 4.78 is 12.3. The van der Waals surface area contributed by atoms with E-state index in [1.165, 1.54) is 128 Å². The summed E-state index contributed by atoms with van der Waals surface area (Å²) in [4.78, 5) is 7.41. The Bertz CT molecular complexity index is 2650. The third-order valence-electron chi connectivity index (χ3n) is 14.5. The van der Waals surface area contributed by atoms with Crippen LogP contribution in [0.15, 0.2) is 146 Å². The highest BCUT2D eigenvalue weighted by atomic mass is 35.5. The molecule has 0 unspecified atom stereocenters. The number of hydrogen-bond donors (Lipinski definition) is 2. The van der Waals surface area contributed by atoms with Crippen molar-refractivity contribution in [2.75, 3.05) is 78.0 Å². The first-order valence-corrected chi connectivity index (χ1v) is 26.4. The van der Waals surface area contributed by atoms with Crippen LogP contribution in [-0.4, -0.2) is 103 Å². The standard InChI is InChI=1S/C34H40N2O2.C22H18O2.C6H12ClN/c1-2-8-27(9-3-1)32-16-12-29-26-31(38-25-23-36-20-6-7-21-36)15-17-33(29)34(32)28-10-13-30(14-11-28)37-24-22-35-18-4-5-19-35;23-18-9-6-16(7-10-18)22-20(15-4-2-1-3-5-15)12-8-17-14-19(24)11-13-21(17)22;7-3-6-8-4-1-2-5-8/h1-3,8-11,13-15,17,26H,4-7,12,16,18-25H2;1-7,9-11,13-14,23-24H,8,12H2;1-6H2. The molecular formula is C62H70ClN3O4. The van der Waals surface area contributed by atoms with E-state index in [-0.39, 0.29) is 5.75 Å². The Morgan fingerprint density at radius 2 is 0.814 bits per heavy atom.